The minimum absolute atomic E-state index is 0.168. The lowest BCUT2D eigenvalue weighted by molar-refractivity contribution is 0.106. The Balaban J connectivity index is 2.04. The number of benzene rings is 1. The van der Waals surface area contributed by atoms with Crippen LogP contribution in [0.5, 0.6) is 5.75 Å². The predicted octanol–water partition coefficient (Wildman–Crippen LogP) is 3.54. The van der Waals surface area contributed by atoms with Gasteiger partial charge < -0.3 is 9.64 Å². The first-order valence-electron chi connectivity index (χ1n) is 6.70. The van der Waals surface area contributed by atoms with Crippen molar-refractivity contribution in [1.82, 2.24) is 9.80 Å². The van der Waals surface area contributed by atoms with E-state index in [9.17, 15) is 0 Å². The average Bonchev–Trinajstić information content (AvgIpc) is 2.41. The van der Waals surface area contributed by atoms with Gasteiger partial charge in [-0.2, -0.15) is 0 Å². The van der Waals surface area contributed by atoms with E-state index in [0.717, 1.165) is 29.2 Å². The lowest BCUT2D eigenvalue weighted by atomic mass is 10.1. The standard InChI is InChI=1S/C15H22N2OS2/c1-15(2,3)17-10-16(14(19)20-11-17)9-12-5-7-13(18-4)8-6-12/h5-8H,9-11H2,1-4H3. The van der Waals surface area contributed by atoms with E-state index in [2.05, 4.69) is 42.7 Å². The van der Waals surface area contributed by atoms with E-state index in [1.165, 1.54) is 5.56 Å². The lowest BCUT2D eigenvalue weighted by Gasteiger charge is -2.43. The molecule has 0 N–H and O–H groups in total. The van der Waals surface area contributed by atoms with Crippen LogP contribution in [-0.2, 0) is 6.54 Å². The van der Waals surface area contributed by atoms with Crippen LogP contribution in [0.15, 0.2) is 24.3 Å². The molecular weight excluding hydrogens is 288 g/mol. The summed E-state index contributed by atoms with van der Waals surface area (Å²) in [6.45, 7) is 8.47. The molecule has 0 aliphatic carbocycles. The lowest BCUT2D eigenvalue weighted by Crippen LogP contribution is -2.52. The van der Waals surface area contributed by atoms with Crippen LogP contribution in [0, 0.1) is 0 Å². The molecule has 0 radical (unpaired) electrons. The van der Waals surface area contributed by atoms with Gasteiger partial charge in [-0.05, 0) is 38.5 Å². The van der Waals surface area contributed by atoms with E-state index in [0.29, 0.717) is 0 Å². The quantitative estimate of drug-likeness (QED) is 0.791. The van der Waals surface area contributed by atoms with Crippen molar-refractivity contribution in [2.45, 2.75) is 32.9 Å². The van der Waals surface area contributed by atoms with Crippen molar-refractivity contribution in [3.8, 4) is 5.75 Å². The van der Waals surface area contributed by atoms with Gasteiger partial charge in [-0.15, -0.1) is 0 Å². The van der Waals surface area contributed by atoms with E-state index in [-0.39, 0.29) is 5.54 Å². The number of thiocarbonyl (C=S) groups is 1. The Morgan fingerprint density at radius 1 is 1.25 bits per heavy atom. The van der Waals surface area contributed by atoms with Crippen LogP contribution in [0.3, 0.4) is 0 Å². The first kappa shape index (κ1) is 15.6. The normalized spacial score (nSPS) is 17.4. The molecule has 1 heterocycles. The molecule has 1 fully saturated rings. The molecule has 0 amide bonds. The SMILES string of the molecule is COc1ccc(CN2CN(C(C)(C)C)CSC2=S)cc1. The van der Waals surface area contributed by atoms with Gasteiger partial charge in [-0.3, -0.25) is 4.90 Å². The topological polar surface area (TPSA) is 15.7 Å². The van der Waals surface area contributed by atoms with Crippen LogP contribution < -0.4 is 4.74 Å². The molecule has 1 saturated heterocycles. The van der Waals surface area contributed by atoms with Crippen LogP contribution in [-0.4, -0.2) is 39.3 Å². The Morgan fingerprint density at radius 3 is 2.45 bits per heavy atom. The molecule has 20 heavy (non-hydrogen) atoms. The Labute approximate surface area is 131 Å². The second kappa shape index (κ2) is 6.33. The Bertz CT molecular complexity index is 468. The largest absolute Gasteiger partial charge is 0.497 e. The van der Waals surface area contributed by atoms with Crippen molar-refractivity contribution >= 4 is 28.3 Å². The monoisotopic (exact) mass is 310 g/mol. The number of nitrogens with zero attached hydrogens (tertiary/aromatic N) is 2. The summed E-state index contributed by atoms with van der Waals surface area (Å²) in [6, 6.07) is 8.19. The highest BCUT2D eigenvalue weighted by Gasteiger charge is 2.29. The first-order chi connectivity index (χ1) is 9.40. The fourth-order valence-corrected chi connectivity index (χ4v) is 3.32. The summed E-state index contributed by atoms with van der Waals surface area (Å²) >= 11 is 7.23. The summed E-state index contributed by atoms with van der Waals surface area (Å²) in [5.41, 5.74) is 1.42. The van der Waals surface area contributed by atoms with Gasteiger partial charge in [0.05, 0.1) is 19.7 Å². The second-order valence-corrected chi connectivity index (χ2v) is 7.52. The molecule has 2 rings (SSSR count). The van der Waals surface area contributed by atoms with Crippen LogP contribution in [0.1, 0.15) is 26.3 Å². The summed E-state index contributed by atoms with van der Waals surface area (Å²) in [4.78, 5) is 4.70. The number of ether oxygens (including phenoxy) is 1. The summed E-state index contributed by atoms with van der Waals surface area (Å²) in [7, 11) is 1.69. The molecule has 0 aromatic heterocycles. The number of thioether (sulfide) groups is 1. The Morgan fingerprint density at radius 2 is 1.90 bits per heavy atom. The molecule has 1 aliphatic heterocycles. The zero-order chi connectivity index (χ0) is 14.8. The zero-order valence-electron chi connectivity index (χ0n) is 12.5. The molecule has 0 atom stereocenters. The van der Waals surface area contributed by atoms with Gasteiger partial charge in [0.25, 0.3) is 0 Å². The third-order valence-electron chi connectivity index (χ3n) is 3.42. The second-order valence-electron chi connectivity index (χ2n) is 5.94. The zero-order valence-corrected chi connectivity index (χ0v) is 14.2. The molecule has 3 nitrogen and oxygen atoms in total. The highest BCUT2D eigenvalue weighted by atomic mass is 32.2. The summed E-state index contributed by atoms with van der Waals surface area (Å²) < 4.78 is 6.18. The van der Waals surface area contributed by atoms with E-state index in [1.807, 2.05) is 12.1 Å². The number of hydrogen-bond donors (Lipinski definition) is 0. The van der Waals surface area contributed by atoms with Crippen LogP contribution >= 0.6 is 24.0 Å². The van der Waals surface area contributed by atoms with Gasteiger partial charge in [-0.1, -0.05) is 36.1 Å². The maximum Gasteiger partial charge on any atom is 0.138 e. The summed E-state index contributed by atoms with van der Waals surface area (Å²) in [5.74, 6) is 1.86. The Hall–Kier alpha value is -0.780. The van der Waals surface area contributed by atoms with Gasteiger partial charge >= 0.3 is 0 Å². The fourth-order valence-electron chi connectivity index (χ4n) is 2.00. The fraction of sp³-hybridized carbons (Fsp3) is 0.533. The predicted molar refractivity (Wildman–Crippen MR) is 90.1 cm³/mol. The van der Waals surface area contributed by atoms with E-state index < -0.39 is 0 Å². The van der Waals surface area contributed by atoms with Crippen molar-refractivity contribution in [2.24, 2.45) is 0 Å². The smallest absolute Gasteiger partial charge is 0.138 e. The van der Waals surface area contributed by atoms with Gasteiger partial charge in [0.2, 0.25) is 0 Å². The van der Waals surface area contributed by atoms with Crippen LogP contribution in [0.25, 0.3) is 0 Å². The van der Waals surface area contributed by atoms with Crippen molar-refractivity contribution in [2.75, 3.05) is 19.7 Å². The van der Waals surface area contributed by atoms with E-state index >= 15 is 0 Å². The molecule has 0 bridgehead atoms. The van der Waals surface area contributed by atoms with Crippen LogP contribution in [0.2, 0.25) is 0 Å². The number of methoxy groups -OCH3 is 1. The highest BCUT2D eigenvalue weighted by molar-refractivity contribution is 8.22. The average molecular weight is 310 g/mol. The van der Waals surface area contributed by atoms with Gasteiger partial charge in [0.1, 0.15) is 10.1 Å². The summed E-state index contributed by atoms with van der Waals surface area (Å²) in [6.07, 6.45) is 0. The molecule has 1 aromatic rings. The maximum absolute atomic E-state index is 5.49. The van der Waals surface area contributed by atoms with Crippen molar-refractivity contribution in [3.05, 3.63) is 29.8 Å². The third-order valence-corrected chi connectivity index (χ3v) is 4.98. The number of rotatable bonds is 3. The first-order valence-corrected chi connectivity index (χ1v) is 8.09. The van der Waals surface area contributed by atoms with Gasteiger partial charge in [0, 0.05) is 12.1 Å². The van der Waals surface area contributed by atoms with Crippen molar-refractivity contribution in [1.29, 1.82) is 0 Å². The van der Waals surface area contributed by atoms with Crippen LogP contribution in [0.4, 0.5) is 0 Å². The molecule has 0 unspecified atom stereocenters. The van der Waals surface area contributed by atoms with Crippen molar-refractivity contribution in [3.63, 3.8) is 0 Å². The highest BCUT2D eigenvalue weighted by Crippen LogP contribution is 2.26. The molecule has 5 heteroatoms. The van der Waals surface area contributed by atoms with Gasteiger partial charge in [0.15, 0.2) is 0 Å². The summed E-state index contributed by atoms with van der Waals surface area (Å²) in [5, 5.41) is 0. The van der Waals surface area contributed by atoms with E-state index in [4.69, 9.17) is 17.0 Å². The molecular formula is C15H22N2OS2. The molecule has 110 valence electrons. The number of hydrogen-bond acceptors (Lipinski definition) is 4. The van der Waals surface area contributed by atoms with Crippen molar-refractivity contribution < 1.29 is 4.74 Å². The van der Waals surface area contributed by atoms with Gasteiger partial charge in [-0.25, -0.2) is 0 Å². The third kappa shape index (κ3) is 3.87. The molecule has 1 aromatic carbocycles. The minimum atomic E-state index is 0.168. The molecule has 1 aliphatic rings. The Kier molecular flexibility index (Phi) is 4.94. The minimum Gasteiger partial charge on any atom is -0.497 e. The maximum atomic E-state index is 5.49. The molecule has 0 saturated carbocycles. The molecule has 0 spiro atoms. The van der Waals surface area contributed by atoms with E-state index in [1.54, 1.807) is 18.9 Å².